The molecule has 0 bridgehead atoms. The molecule has 1 aromatic rings. The zero-order chi connectivity index (χ0) is 6.85. The predicted octanol–water partition coefficient (Wildman–Crippen LogP) is 1.24. The molecule has 0 unspecified atom stereocenters. The molecule has 0 atom stereocenters. The first-order valence-electron chi connectivity index (χ1n) is 2.40. The van der Waals surface area contributed by atoms with E-state index < -0.39 is 11.5 Å². The number of rotatable bonds is 0. The number of phenols is 2. The fraction of sp³-hybridized carbons (Fsp3) is 0. The van der Waals surface area contributed by atoms with Gasteiger partial charge in [-0.1, -0.05) is 6.07 Å². The molecular weight excluding hydrogens is 120 g/mol. The molecule has 0 saturated carbocycles. The molecule has 1 radical (unpaired) electrons. The molecule has 0 spiro atoms. The Balaban J connectivity index is 3.25. The number of benzene rings is 1. The number of para-hydroxylation sites is 1. The minimum absolute atomic E-state index is 0.373. The van der Waals surface area contributed by atoms with Crippen molar-refractivity contribution in [2.75, 3.05) is 0 Å². The molecular formula is C6H5O3. The second-order valence-corrected chi connectivity index (χ2v) is 1.62. The summed E-state index contributed by atoms with van der Waals surface area (Å²) in [5.41, 5.74) is 0. The fourth-order valence-corrected chi connectivity index (χ4v) is 0.511. The lowest BCUT2D eigenvalue weighted by Gasteiger charge is -1.94. The van der Waals surface area contributed by atoms with Crippen LogP contribution in [-0.2, 0) is 5.11 Å². The molecule has 3 nitrogen and oxygen atoms in total. The van der Waals surface area contributed by atoms with E-state index in [1.54, 1.807) is 0 Å². The van der Waals surface area contributed by atoms with E-state index in [0.717, 1.165) is 0 Å². The van der Waals surface area contributed by atoms with E-state index in [2.05, 4.69) is 0 Å². The van der Waals surface area contributed by atoms with E-state index in [1.807, 2.05) is 0 Å². The van der Waals surface area contributed by atoms with Gasteiger partial charge in [0, 0.05) is 0 Å². The summed E-state index contributed by atoms with van der Waals surface area (Å²) in [7, 11) is 0. The third-order valence-electron chi connectivity index (χ3n) is 0.978. The maximum absolute atomic E-state index is 10.4. The Bertz CT molecular complexity index is 199. The smallest absolute Gasteiger partial charge is 0.224 e. The van der Waals surface area contributed by atoms with Crippen LogP contribution in [0.2, 0.25) is 0 Å². The van der Waals surface area contributed by atoms with Gasteiger partial charge in [-0.3, -0.25) is 5.11 Å². The molecule has 0 amide bonds. The maximum Gasteiger partial charge on any atom is 0.224 e. The van der Waals surface area contributed by atoms with Crippen LogP contribution in [0.4, 0.5) is 0 Å². The Hall–Kier alpha value is -1.38. The molecule has 0 heterocycles. The molecule has 1 rings (SSSR count). The van der Waals surface area contributed by atoms with Crippen LogP contribution in [0.1, 0.15) is 0 Å². The number of hydrogen-bond acceptors (Lipinski definition) is 2. The zero-order valence-corrected chi connectivity index (χ0v) is 4.53. The van der Waals surface area contributed by atoms with Crippen molar-refractivity contribution in [3.05, 3.63) is 18.2 Å². The quantitative estimate of drug-likeness (QED) is 0.512. The lowest BCUT2D eigenvalue weighted by molar-refractivity contribution is 0.313. The van der Waals surface area contributed by atoms with Gasteiger partial charge in [-0.2, -0.15) is 0 Å². The third-order valence-corrected chi connectivity index (χ3v) is 0.978. The summed E-state index contributed by atoms with van der Waals surface area (Å²) in [5.74, 6) is -1.52. The van der Waals surface area contributed by atoms with Gasteiger partial charge in [0.15, 0.2) is 5.75 Å². The number of aromatic hydroxyl groups is 2. The summed E-state index contributed by atoms with van der Waals surface area (Å²) in [6, 6.07) is 3.79. The highest BCUT2D eigenvalue weighted by molar-refractivity contribution is 5.47. The summed E-state index contributed by atoms with van der Waals surface area (Å²) in [6.45, 7) is 0. The van der Waals surface area contributed by atoms with Crippen LogP contribution in [-0.4, -0.2) is 10.2 Å². The Morgan fingerprint density at radius 3 is 2.33 bits per heavy atom. The van der Waals surface area contributed by atoms with Crippen molar-refractivity contribution >= 4 is 0 Å². The summed E-state index contributed by atoms with van der Waals surface area (Å²) in [5, 5.41) is 27.7. The molecule has 0 aliphatic rings. The summed E-state index contributed by atoms with van der Waals surface area (Å²) >= 11 is 0. The highest BCUT2D eigenvalue weighted by Gasteiger charge is 2.03. The topological polar surface area (TPSA) is 60.4 Å². The molecule has 0 aliphatic carbocycles. The normalized spacial score (nSPS) is 9.33. The average molecular weight is 125 g/mol. The van der Waals surface area contributed by atoms with Crippen LogP contribution in [0, 0.1) is 0 Å². The van der Waals surface area contributed by atoms with Crippen molar-refractivity contribution < 1.29 is 15.3 Å². The fourth-order valence-electron chi connectivity index (χ4n) is 0.511. The standard InChI is InChI=1S/C6H5O3/c7-4-2-1-3-5(8)6(4)9/h1-3,7,9H. The van der Waals surface area contributed by atoms with Gasteiger partial charge in [0.1, 0.15) is 0 Å². The first-order chi connectivity index (χ1) is 4.22. The molecule has 3 heteroatoms. The van der Waals surface area contributed by atoms with Crippen LogP contribution in [0.15, 0.2) is 18.2 Å². The highest BCUT2D eigenvalue weighted by Crippen LogP contribution is 2.33. The van der Waals surface area contributed by atoms with Crippen LogP contribution in [0.25, 0.3) is 0 Å². The van der Waals surface area contributed by atoms with E-state index >= 15 is 0 Å². The SMILES string of the molecule is [O]c1cccc(O)c1O. The van der Waals surface area contributed by atoms with Crippen molar-refractivity contribution in [2.45, 2.75) is 0 Å². The molecule has 0 aliphatic heterocycles. The largest absolute Gasteiger partial charge is 0.504 e. The van der Waals surface area contributed by atoms with E-state index in [-0.39, 0.29) is 5.75 Å². The molecule has 0 aromatic heterocycles. The molecule has 2 N–H and O–H groups in total. The summed E-state index contributed by atoms with van der Waals surface area (Å²) < 4.78 is 0. The van der Waals surface area contributed by atoms with Crippen molar-refractivity contribution in [1.82, 2.24) is 0 Å². The van der Waals surface area contributed by atoms with Gasteiger partial charge >= 0.3 is 0 Å². The van der Waals surface area contributed by atoms with E-state index in [9.17, 15) is 5.11 Å². The predicted molar refractivity (Wildman–Crippen MR) is 29.9 cm³/mol. The van der Waals surface area contributed by atoms with E-state index in [4.69, 9.17) is 10.2 Å². The molecule has 9 heavy (non-hydrogen) atoms. The Kier molecular flexibility index (Phi) is 1.18. The van der Waals surface area contributed by atoms with E-state index in [1.165, 1.54) is 18.2 Å². The Labute approximate surface area is 51.8 Å². The lowest BCUT2D eigenvalue weighted by atomic mass is 10.3. The molecule has 1 aromatic carbocycles. The molecule has 47 valence electrons. The van der Waals surface area contributed by atoms with Crippen LogP contribution in [0.5, 0.6) is 17.2 Å². The van der Waals surface area contributed by atoms with Crippen molar-refractivity contribution in [2.24, 2.45) is 0 Å². The van der Waals surface area contributed by atoms with Crippen LogP contribution < -0.4 is 0 Å². The van der Waals surface area contributed by atoms with Gasteiger partial charge in [0.05, 0.1) is 0 Å². The van der Waals surface area contributed by atoms with Gasteiger partial charge in [-0.25, -0.2) is 0 Å². The second-order valence-electron chi connectivity index (χ2n) is 1.62. The molecule has 0 fully saturated rings. The van der Waals surface area contributed by atoms with Gasteiger partial charge in [-0.15, -0.1) is 0 Å². The first-order valence-corrected chi connectivity index (χ1v) is 2.40. The average Bonchev–Trinajstić information content (AvgIpc) is 1.83. The zero-order valence-electron chi connectivity index (χ0n) is 4.53. The van der Waals surface area contributed by atoms with E-state index in [0.29, 0.717) is 0 Å². The van der Waals surface area contributed by atoms with Crippen molar-refractivity contribution in [1.29, 1.82) is 0 Å². The Morgan fingerprint density at radius 2 is 1.89 bits per heavy atom. The van der Waals surface area contributed by atoms with Gasteiger partial charge in [-0.05, 0) is 12.1 Å². The molecule has 0 saturated heterocycles. The van der Waals surface area contributed by atoms with Crippen LogP contribution >= 0.6 is 0 Å². The minimum Gasteiger partial charge on any atom is -0.504 e. The van der Waals surface area contributed by atoms with Crippen molar-refractivity contribution in [3.8, 4) is 17.2 Å². The Morgan fingerprint density at radius 1 is 1.22 bits per heavy atom. The minimum atomic E-state index is -0.586. The summed E-state index contributed by atoms with van der Waals surface area (Å²) in [6.07, 6.45) is 0. The lowest BCUT2D eigenvalue weighted by Crippen LogP contribution is -1.66. The highest BCUT2D eigenvalue weighted by atomic mass is 16.3. The van der Waals surface area contributed by atoms with Gasteiger partial charge < -0.3 is 10.2 Å². The van der Waals surface area contributed by atoms with Gasteiger partial charge in [0.2, 0.25) is 11.5 Å². The first kappa shape index (κ1) is 5.75. The second kappa shape index (κ2) is 1.85. The summed E-state index contributed by atoms with van der Waals surface area (Å²) in [4.78, 5) is 0. The van der Waals surface area contributed by atoms with Gasteiger partial charge in [0.25, 0.3) is 0 Å². The number of hydrogen-bond donors (Lipinski definition) is 2. The monoisotopic (exact) mass is 125 g/mol. The number of phenolic OH excluding ortho intramolecular Hbond substituents is 2. The van der Waals surface area contributed by atoms with Crippen molar-refractivity contribution in [3.63, 3.8) is 0 Å². The van der Waals surface area contributed by atoms with Crippen LogP contribution in [0.3, 0.4) is 0 Å². The maximum atomic E-state index is 10.4. The third kappa shape index (κ3) is 0.887.